The summed E-state index contributed by atoms with van der Waals surface area (Å²) in [6.45, 7) is 4.38. The molecule has 2 aromatic rings. The lowest BCUT2D eigenvalue weighted by Gasteiger charge is -2.45. The summed E-state index contributed by atoms with van der Waals surface area (Å²) in [4.78, 5) is 13.7. The molecule has 6 heteroatoms. The smallest absolute Gasteiger partial charge is 0.147 e. The fourth-order valence-corrected chi connectivity index (χ4v) is 4.19. The Balaban J connectivity index is 1.44. The second kappa shape index (κ2) is 5.92. The number of aryl methyl sites for hydroxylation is 1. The topological polar surface area (TPSA) is 50.1 Å². The quantitative estimate of drug-likeness (QED) is 0.865. The van der Waals surface area contributed by atoms with E-state index >= 15 is 0 Å². The lowest BCUT2D eigenvalue weighted by atomic mass is 9.84. The highest BCUT2D eigenvalue weighted by Gasteiger charge is 2.43. The molecule has 2 saturated heterocycles. The summed E-state index contributed by atoms with van der Waals surface area (Å²) in [6, 6.07) is 0. The Hall–Kier alpha value is -1.95. The molecule has 0 aliphatic carbocycles. The number of aromatic nitrogens is 4. The first kappa shape index (κ1) is 14.6. The first-order valence-electron chi connectivity index (χ1n) is 8.49. The highest BCUT2D eigenvalue weighted by Crippen LogP contribution is 2.39. The lowest BCUT2D eigenvalue weighted by molar-refractivity contribution is 0.0996. The van der Waals surface area contributed by atoms with E-state index < -0.39 is 0 Å². The molecular weight excluding hydrogens is 288 g/mol. The molecule has 1 spiro atoms. The summed E-state index contributed by atoms with van der Waals surface area (Å²) in [5.41, 5.74) is 1.69. The average Bonchev–Trinajstić information content (AvgIpc) is 3.17. The Morgan fingerprint density at radius 3 is 2.65 bits per heavy atom. The molecule has 6 nitrogen and oxygen atoms in total. The summed E-state index contributed by atoms with van der Waals surface area (Å²) in [6.07, 6.45) is 14.6. The van der Waals surface area contributed by atoms with Crippen LogP contribution in [0.5, 0.6) is 0 Å². The first-order valence-corrected chi connectivity index (χ1v) is 8.49. The summed E-state index contributed by atoms with van der Waals surface area (Å²) < 4.78 is 1.90. The van der Waals surface area contributed by atoms with E-state index in [1.807, 2.05) is 24.1 Å². The van der Waals surface area contributed by atoms with Gasteiger partial charge in [0.15, 0.2) is 0 Å². The maximum atomic E-state index is 4.45. The zero-order valence-corrected chi connectivity index (χ0v) is 13.7. The van der Waals surface area contributed by atoms with E-state index in [4.69, 9.17) is 0 Å². The van der Waals surface area contributed by atoms with Crippen molar-refractivity contribution in [1.29, 1.82) is 0 Å². The van der Waals surface area contributed by atoms with Gasteiger partial charge in [-0.2, -0.15) is 5.10 Å². The third-order valence-corrected chi connectivity index (χ3v) is 5.44. The molecule has 0 amide bonds. The minimum absolute atomic E-state index is 0.370. The van der Waals surface area contributed by atoms with E-state index in [1.165, 1.54) is 37.8 Å². The van der Waals surface area contributed by atoms with Gasteiger partial charge in [-0.05, 0) is 32.2 Å². The molecule has 2 aliphatic rings. The van der Waals surface area contributed by atoms with Gasteiger partial charge in [-0.25, -0.2) is 4.98 Å². The van der Waals surface area contributed by atoms with Crippen LogP contribution < -0.4 is 4.90 Å². The Morgan fingerprint density at radius 1 is 1.09 bits per heavy atom. The summed E-state index contributed by atoms with van der Waals surface area (Å²) in [5, 5.41) is 4.31. The third kappa shape index (κ3) is 2.83. The van der Waals surface area contributed by atoms with Crippen molar-refractivity contribution in [3.8, 4) is 0 Å². The maximum absolute atomic E-state index is 4.45. The predicted molar refractivity (Wildman–Crippen MR) is 89.1 cm³/mol. The molecule has 0 radical (unpaired) electrons. The Morgan fingerprint density at radius 2 is 1.96 bits per heavy atom. The van der Waals surface area contributed by atoms with E-state index in [0.717, 1.165) is 25.5 Å². The van der Waals surface area contributed by atoms with Gasteiger partial charge < -0.3 is 4.90 Å². The zero-order valence-electron chi connectivity index (χ0n) is 13.7. The van der Waals surface area contributed by atoms with Gasteiger partial charge in [-0.15, -0.1) is 0 Å². The van der Waals surface area contributed by atoms with Crippen molar-refractivity contribution in [3.63, 3.8) is 0 Å². The Bertz CT molecular complexity index is 644. The molecule has 4 heterocycles. The van der Waals surface area contributed by atoms with Crippen LogP contribution in [0.25, 0.3) is 0 Å². The van der Waals surface area contributed by atoms with Crippen LogP contribution in [0.2, 0.25) is 0 Å². The van der Waals surface area contributed by atoms with E-state index in [9.17, 15) is 0 Å². The van der Waals surface area contributed by atoms with Crippen LogP contribution >= 0.6 is 0 Å². The predicted octanol–water partition coefficient (Wildman–Crippen LogP) is 1.85. The number of likely N-dealkylation sites (tertiary alicyclic amines) is 1. The van der Waals surface area contributed by atoms with Gasteiger partial charge >= 0.3 is 0 Å². The molecule has 122 valence electrons. The highest BCUT2D eigenvalue weighted by molar-refractivity contribution is 5.36. The monoisotopic (exact) mass is 312 g/mol. The Kier molecular flexibility index (Phi) is 3.77. The molecule has 0 N–H and O–H groups in total. The second-order valence-electron chi connectivity index (χ2n) is 6.82. The number of nitrogens with zero attached hydrogens (tertiary/aromatic N) is 6. The van der Waals surface area contributed by atoms with Crippen LogP contribution in [0.15, 0.2) is 31.0 Å². The van der Waals surface area contributed by atoms with Gasteiger partial charge in [0, 0.05) is 56.4 Å². The molecular formula is C17H24N6. The summed E-state index contributed by atoms with van der Waals surface area (Å²) in [5.74, 6) is 1.01. The third-order valence-electron chi connectivity index (χ3n) is 5.44. The van der Waals surface area contributed by atoms with Crippen molar-refractivity contribution in [2.24, 2.45) is 7.05 Å². The number of rotatable bonds is 3. The number of anilines is 1. The van der Waals surface area contributed by atoms with Crippen LogP contribution in [0.4, 0.5) is 5.82 Å². The molecule has 0 aromatic carbocycles. The molecule has 4 rings (SSSR count). The average molecular weight is 312 g/mol. The maximum Gasteiger partial charge on any atom is 0.147 e. The van der Waals surface area contributed by atoms with Crippen LogP contribution in [0.3, 0.4) is 0 Å². The van der Waals surface area contributed by atoms with Gasteiger partial charge in [0.05, 0.1) is 12.4 Å². The lowest BCUT2D eigenvalue weighted by Crippen LogP contribution is -2.52. The molecule has 0 bridgehead atoms. The minimum Gasteiger partial charge on any atom is -0.355 e. The fraction of sp³-hybridized carbons (Fsp3) is 0.588. The molecule has 0 atom stereocenters. The molecule has 0 saturated carbocycles. The van der Waals surface area contributed by atoms with Crippen molar-refractivity contribution in [2.45, 2.75) is 37.8 Å². The highest BCUT2D eigenvalue weighted by atomic mass is 15.3. The SMILES string of the molecule is Cn1cc(CN2CCCC23CCN(c2cnccn2)CC3)cn1. The Labute approximate surface area is 137 Å². The van der Waals surface area contributed by atoms with Crippen LogP contribution in [0.1, 0.15) is 31.2 Å². The second-order valence-corrected chi connectivity index (χ2v) is 6.82. The molecule has 2 aromatic heterocycles. The van der Waals surface area contributed by atoms with E-state index in [2.05, 4.69) is 31.1 Å². The zero-order chi connectivity index (χ0) is 15.7. The van der Waals surface area contributed by atoms with Crippen molar-refractivity contribution in [2.75, 3.05) is 24.5 Å². The molecule has 0 unspecified atom stereocenters. The van der Waals surface area contributed by atoms with Crippen molar-refractivity contribution in [1.82, 2.24) is 24.6 Å². The van der Waals surface area contributed by atoms with Crippen LogP contribution in [-0.2, 0) is 13.6 Å². The van der Waals surface area contributed by atoms with Gasteiger partial charge in [0.2, 0.25) is 0 Å². The van der Waals surface area contributed by atoms with Crippen molar-refractivity contribution < 1.29 is 0 Å². The standard InChI is InChI=1S/C17H24N6/c1-21-13-15(11-20-21)14-23-8-2-3-17(23)4-9-22(10-5-17)16-12-18-6-7-19-16/h6-7,11-13H,2-5,8-10,14H2,1H3. The van der Waals surface area contributed by atoms with E-state index in [1.54, 1.807) is 12.4 Å². The van der Waals surface area contributed by atoms with Crippen molar-refractivity contribution in [3.05, 3.63) is 36.5 Å². The van der Waals surface area contributed by atoms with Crippen LogP contribution in [-0.4, -0.2) is 49.8 Å². The molecule has 23 heavy (non-hydrogen) atoms. The van der Waals surface area contributed by atoms with E-state index in [0.29, 0.717) is 5.54 Å². The van der Waals surface area contributed by atoms with Gasteiger partial charge in [-0.1, -0.05) is 0 Å². The number of piperidine rings is 1. The largest absolute Gasteiger partial charge is 0.355 e. The minimum atomic E-state index is 0.370. The molecule has 2 aliphatic heterocycles. The number of hydrogen-bond donors (Lipinski definition) is 0. The van der Waals surface area contributed by atoms with Gasteiger partial charge in [0.1, 0.15) is 5.82 Å². The van der Waals surface area contributed by atoms with Crippen molar-refractivity contribution >= 4 is 5.82 Å². The van der Waals surface area contributed by atoms with Gasteiger partial charge in [-0.3, -0.25) is 14.6 Å². The summed E-state index contributed by atoms with van der Waals surface area (Å²) >= 11 is 0. The van der Waals surface area contributed by atoms with E-state index in [-0.39, 0.29) is 0 Å². The van der Waals surface area contributed by atoms with Crippen LogP contribution in [0, 0.1) is 0 Å². The molecule has 2 fully saturated rings. The summed E-state index contributed by atoms with van der Waals surface area (Å²) in [7, 11) is 1.99. The number of hydrogen-bond acceptors (Lipinski definition) is 5. The first-order chi connectivity index (χ1) is 11.3. The fourth-order valence-electron chi connectivity index (χ4n) is 4.19. The van der Waals surface area contributed by atoms with Gasteiger partial charge in [0.25, 0.3) is 0 Å². The normalized spacial score (nSPS) is 21.2.